The number of fused-ring (bicyclic) bond motifs is 1. The van der Waals surface area contributed by atoms with E-state index in [1.54, 1.807) is 24.3 Å². The Morgan fingerprint density at radius 3 is 2.48 bits per heavy atom. The topological polar surface area (TPSA) is 66.9 Å². The van der Waals surface area contributed by atoms with E-state index in [-0.39, 0.29) is 4.90 Å². The van der Waals surface area contributed by atoms with E-state index in [1.807, 2.05) is 30.3 Å². The van der Waals surface area contributed by atoms with Crippen LogP contribution in [0.15, 0.2) is 77.7 Å². The van der Waals surface area contributed by atoms with Crippen LogP contribution in [0.25, 0.3) is 16.8 Å². The van der Waals surface area contributed by atoms with Gasteiger partial charge in [0.2, 0.25) is 15.3 Å². The zero-order valence-electron chi connectivity index (χ0n) is 18.1. The minimum atomic E-state index is -3.61. The quantitative estimate of drug-likeness (QED) is 0.357. The van der Waals surface area contributed by atoms with E-state index < -0.39 is 15.3 Å². The number of carbonyl (C=O) groups is 1. The van der Waals surface area contributed by atoms with Crippen molar-refractivity contribution in [1.82, 2.24) is 9.21 Å². The van der Waals surface area contributed by atoms with Gasteiger partial charge in [0.05, 0.1) is 4.90 Å². The molecule has 3 aromatic carbocycles. The summed E-state index contributed by atoms with van der Waals surface area (Å²) in [6.07, 6.45) is 2.70. The summed E-state index contributed by atoms with van der Waals surface area (Å²) in [6, 6.07) is 20.6. The summed E-state index contributed by atoms with van der Waals surface area (Å²) in [5, 5.41) is 1.62. The summed E-state index contributed by atoms with van der Waals surface area (Å²) in [5.41, 5.74) is 0.606. The van der Waals surface area contributed by atoms with Crippen LogP contribution in [0.1, 0.15) is 5.56 Å². The average molecular weight is 485 g/mol. The highest BCUT2D eigenvalue weighted by molar-refractivity contribution is 7.89. The Bertz CT molecular complexity index is 1260. The zero-order chi connectivity index (χ0) is 23.3. The molecule has 8 heteroatoms. The first-order valence-corrected chi connectivity index (χ1v) is 12.6. The third kappa shape index (κ3) is 5.81. The van der Waals surface area contributed by atoms with Gasteiger partial charge < -0.3 is 4.74 Å². The Morgan fingerprint density at radius 1 is 0.970 bits per heavy atom. The first kappa shape index (κ1) is 23.4. The maximum Gasteiger partial charge on any atom is 0.245 e. The zero-order valence-corrected chi connectivity index (χ0v) is 19.6. The number of allylic oxidation sites excluding steroid dienone is 1. The number of piperazine rings is 1. The van der Waals surface area contributed by atoms with E-state index in [0.29, 0.717) is 38.3 Å². The molecule has 1 aliphatic rings. The molecule has 0 unspecified atom stereocenters. The fraction of sp³-hybridized carbons (Fsp3) is 0.240. The molecular weight excluding hydrogens is 460 g/mol. The largest absolute Gasteiger partial charge is 0.492 e. The van der Waals surface area contributed by atoms with Crippen molar-refractivity contribution >= 4 is 43.7 Å². The second kappa shape index (κ2) is 10.5. The van der Waals surface area contributed by atoms with Crippen LogP contribution in [0, 0.1) is 0 Å². The number of carbonyl (C=O) groups excluding carboxylic acids is 1. The molecule has 1 saturated heterocycles. The molecule has 33 heavy (non-hydrogen) atoms. The molecule has 1 heterocycles. The lowest BCUT2D eigenvalue weighted by molar-refractivity contribution is -0.107. The molecule has 0 bridgehead atoms. The number of halogens is 1. The summed E-state index contributed by atoms with van der Waals surface area (Å²) in [5.74, 6) is 0.860. The van der Waals surface area contributed by atoms with Gasteiger partial charge >= 0.3 is 0 Å². The summed E-state index contributed by atoms with van der Waals surface area (Å²) < 4.78 is 33.7. The molecule has 0 aromatic heterocycles. The standard InChI is InChI=1S/C25H25ClN2O4S/c26-25(29)12-11-20-5-3-8-22(19-20)33(30,31)28-15-13-27(14-16-28)17-18-32-24-10-4-7-21-6-1-2-9-23(21)24/h1-12,19H,13-18H2. The van der Waals surface area contributed by atoms with E-state index in [1.165, 1.54) is 16.5 Å². The molecule has 0 aliphatic carbocycles. The second-order valence-electron chi connectivity index (χ2n) is 7.78. The number of nitrogens with zero attached hydrogens (tertiary/aromatic N) is 2. The Kier molecular flexibility index (Phi) is 7.45. The van der Waals surface area contributed by atoms with Crippen molar-refractivity contribution in [2.75, 3.05) is 39.3 Å². The molecular formula is C25H25ClN2O4S. The summed E-state index contributed by atoms with van der Waals surface area (Å²) >= 11 is 5.32. The highest BCUT2D eigenvalue weighted by atomic mass is 35.5. The molecule has 0 radical (unpaired) electrons. The smallest absolute Gasteiger partial charge is 0.245 e. The molecule has 6 nitrogen and oxygen atoms in total. The third-order valence-electron chi connectivity index (χ3n) is 5.65. The Labute approximate surface area is 199 Å². The monoisotopic (exact) mass is 484 g/mol. The fourth-order valence-corrected chi connectivity index (χ4v) is 5.43. The summed E-state index contributed by atoms with van der Waals surface area (Å²) in [6.45, 7) is 3.36. The van der Waals surface area contributed by atoms with Crippen molar-refractivity contribution in [1.29, 1.82) is 0 Å². The second-order valence-corrected chi connectivity index (χ2v) is 10.1. The maximum atomic E-state index is 13.1. The molecule has 0 amide bonds. The van der Waals surface area contributed by atoms with Crippen molar-refractivity contribution in [3.63, 3.8) is 0 Å². The summed E-state index contributed by atoms with van der Waals surface area (Å²) in [4.78, 5) is 13.3. The molecule has 0 N–H and O–H groups in total. The van der Waals surface area contributed by atoms with Crippen LogP contribution in [0.4, 0.5) is 0 Å². The Hall–Kier alpha value is -2.71. The normalized spacial score (nSPS) is 15.8. The molecule has 3 aromatic rings. The van der Waals surface area contributed by atoms with E-state index in [2.05, 4.69) is 17.0 Å². The third-order valence-corrected chi connectivity index (χ3v) is 7.67. The molecule has 0 atom stereocenters. The molecule has 1 fully saturated rings. The lowest BCUT2D eigenvalue weighted by atomic mass is 10.1. The van der Waals surface area contributed by atoms with Crippen molar-refractivity contribution in [2.45, 2.75) is 4.90 Å². The van der Waals surface area contributed by atoms with E-state index >= 15 is 0 Å². The number of hydrogen-bond acceptors (Lipinski definition) is 5. The SMILES string of the molecule is O=C(Cl)C=Cc1cccc(S(=O)(=O)N2CCN(CCOc3cccc4ccccc34)CC2)c1. The molecule has 4 rings (SSSR count). The maximum absolute atomic E-state index is 13.1. The van der Waals surface area contributed by atoms with Gasteiger partial charge in [0.25, 0.3) is 0 Å². The van der Waals surface area contributed by atoms with Crippen molar-refractivity contribution in [3.05, 3.63) is 78.4 Å². The van der Waals surface area contributed by atoms with Crippen LogP contribution in [0.3, 0.4) is 0 Å². The van der Waals surface area contributed by atoms with Gasteiger partial charge in [-0.3, -0.25) is 9.69 Å². The minimum Gasteiger partial charge on any atom is -0.492 e. The molecule has 0 saturated carbocycles. The Morgan fingerprint density at radius 2 is 1.70 bits per heavy atom. The van der Waals surface area contributed by atoms with E-state index in [9.17, 15) is 13.2 Å². The van der Waals surface area contributed by atoms with Crippen LogP contribution in [-0.2, 0) is 14.8 Å². The van der Waals surface area contributed by atoms with Crippen LogP contribution in [0.5, 0.6) is 5.75 Å². The number of rotatable bonds is 8. The van der Waals surface area contributed by atoms with Gasteiger partial charge in [0, 0.05) is 38.1 Å². The predicted octanol–water partition coefficient (Wildman–Crippen LogP) is 4.00. The van der Waals surface area contributed by atoms with Crippen LogP contribution >= 0.6 is 11.6 Å². The van der Waals surface area contributed by atoms with Crippen molar-refractivity contribution in [3.8, 4) is 5.75 Å². The van der Waals surface area contributed by atoms with Crippen LogP contribution < -0.4 is 4.74 Å². The van der Waals surface area contributed by atoms with Gasteiger partial charge in [-0.15, -0.1) is 0 Å². The van der Waals surface area contributed by atoms with Gasteiger partial charge in [-0.05, 0) is 46.8 Å². The average Bonchev–Trinajstić information content (AvgIpc) is 2.83. The first-order chi connectivity index (χ1) is 15.9. The number of ether oxygens (including phenoxy) is 1. The van der Waals surface area contributed by atoms with Crippen molar-refractivity contribution < 1.29 is 17.9 Å². The number of sulfonamides is 1. The molecule has 0 spiro atoms. The highest BCUT2D eigenvalue weighted by Crippen LogP contribution is 2.25. The lowest BCUT2D eigenvalue weighted by Crippen LogP contribution is -2.49. The van der Waals surface area contributed by atoms with Gasteiger partial charge in [-0.2, -0.15) is 4.31 Å². The number of hydrogen-bond donors (Lipinski definition) is 0. The molecule has 1 aliphatic heterocycles. The summed E-state index contributed by atoms with van der Waals surface area (Å²) in [7, 11) is -3.61. The van der Waals surface area contributed by atoms with Crippen molar-refractivity contribution in [2.24, 2.45) is 0 Å². The van der Waals surface area contributed by atoms with Crippen LogP contribution in [-0.4, -0.2) is 62.2 Å². The minimum absolute atomic E-state index is 0.208. The van der Waals surface area contributed by atoms with E-state index in [0.717, 1.165) is 23.1 Å². The van der Waals surface area contributed by atoms with Gasteiger partial charge in [0.1, 0.15) is 12.4 Å². The van der Waals surface area contributed by atoms with Gasteiger partial charge in [-0.1, -0.05) is 54.6 Å². The highest BCUT2D eigenvalue weighted by Gasteiger charge is 2.28. The van der Waals surface area contributed by atoms with E-state index in [4.69, 9.17) is 16.3 Å². The lowest BCUT2D eigenvalue weighted by Gasteiger charge is -2.33. The molecule has 172 valence electrons. The van der Waals surface area contributed by atoms with Gasteiger partial charge in [-0.25, -0.2) is 8.42 Å². The van der Waals surface area contributed by atoms with Gasteiger partial charge in [0.15, 0.2) is 0 Å². The first-order valence-electron chi connectivity index (χ1n) is 10.7. The van der Waals surface area contributed by atoms with Crippen LogP contribution in [0.2, 0.25) is 0 Å². The number of benzene rings is 3. The predicted molar refractivity (Wildman–Crippen MR) is 131 cm³/mol. The fourth-order valence-electron chi connectivity index (χ4n) is 3.89. The Balaban J connectivity index is 1.32.